The average Bonchev–Trinajstić information content (AvgIpc) is 2.60. The summed E-state index contributed by atoms with van der Waals surface area (Å²) in [5, 5.41) is 5.19. The van der Waals surface area contributed by atoms with Crippen LogP contribution in [0.1, 0.15) is 18.5 Å². The van der Waals surface area contributed by atoms with E-state index in [-0.39, 0.29) is 18.6 Å². The molecule has 0 radical (unpaired) electrons. The zero-order valence-electron chi connectivity index (χ0n) is 13.0. The Labute approximate surface area is 135 Å². The van der Waals surface area contributed by atoms with Crippen LogP contribution in [0, 0.1) is 0 Å². The lowest BCUT2D eigenvalue weighted by Crippen LogP contribution is -2.31. The molecule has 3 heteroatoms. The van der Waals surface area contributed by atoms with Gasteiger partial charge in [-0.1, -0.05) is 60.7 Å². The maximum absolute atomic E-state index is 12.0. The quantitative estimate of drug-likeness (QED) is 0.771. The van der Waals surface area contributed by atoms with Gasteiger partial charge in [0.05, 0.1) is 6.04 Å². The molecule has 0 saturated carbocycles. The lowest BCUT2D eigenvalue weighted by molar-refractivity contribution is -0.123. The highest BCUT2D eigenvalue weighted by Crippen LogP contribution is 2.20. The van der Waals surface area contributed by atoms with Crippen molar-refractivity contribution in [3.8, 4) is 5.75 Å². The Bertz CT molecular complexity index is 799. The minimum absolute atomic E-state index is 0.00944. The molecular formula is C20H19NO2. The molecule has 0 aliphatic heterocycles. The Kier molecular flexibility index (Phi) is 4.57. The Balaban J connectivity index is 1.57. The van der Waals surface area contributed by atoms with Gasteiger partial charge in [0.25, 0.3) is 5.91 Å². The van der Waals surface area contributed by atoms with Crippen LogP contribution in [0.25, 0.3) is 10.8 Å². The van der Waals surface area contributed by atoms with Gasteiger partial charge in [0.15, 0.2) is 6.61 Å². The molecule has 0 heterocycles. The molecule has 3 nitrogen and oxygen atoms in total. The van der Waals surface area contributed by atoms with E-state index in [0.29, 0.717) is 5.75 Å². The van der Waals surface area contributed by atoms with E-state index in [0.717, 1.165) is 16.3 Å². The number of ether oxygens (including phenoxy) is 1. The monoisotopic (exact) mass is 305 g/mol. The smallest absolute Gasteiger partial charge is 0.258 e. The molecule has 1 amide bonds. The maximum atomic E-state index is 12.0. The van der Waals surface area contributed by atoms with Crippen molar-refractivity contribution in [1.82, 2.24) is 5.32 Å². The van der Waals surface area contributed by atoms with Crippen molar-refractivity contribution < 1.29 is 9.53 Å². The molecule has 0 bridgehead atoms. The maximum Gasteiger partial charge on any atom is 0.258 e. The van der Waals surface area contributed by atoms with Crippen LogP contribution in [0.15, 0.2) is 72.8 Å². The van der Waals surface area contributed by atoms with Crippen molar-refractivity contribution in [2.75, 3.05) is 6.61 Å². The third-order valence-corrected chi connectivity index (χ3v) is 3.77. The van der Waals surface area contributed by atoms with Gasteiger partial charge < -0.3 is 10.1 Å². The highest BCUT2D eigenvalue weighted by Gasteiger charge is 2.09. The fraction of sp³-hybridized carbons (Fsp3) is 0.150. The first-order chi connectivity index (χ1) is 11.2. The normalized spacial score (nSPS) is 11.9. The third kappa shape index (κ3) is 3.89. The third-order valence-electron chi connectivity index (χ3n) is 3.77. The largest absolute Gasteiger partial charge is 0.484 e. The van der Waals surface area contributed by atoms with Crippen molar-refractivity contribution in [2.45, 2.75) is 13.0 Å². The van der Waals surface area contributed by atoms with Crippen LogP contribution in [0.2, 0.25) is 0 Å². The molecule has 116 valence electrons. The molecule has 3 rings (SSSR count). The fourth-order valence-electron chi connectivity index (χ4n) is 2.51. The summed E-state index contributed by atoms with van der Waals surface area (Å²) < 4.78 is 5.60. The molecule has 0 unspecified atom stereocenters. The van der Waals surface area contributed by atoms with Crippen molar-refractivity contribution in [1.29, 1.82) is 0 Å². The Morgan fingerprint density at radius 2 is 1.65 bits per heavy atom. The van der Waals surface area contributed by atoms with Crippen molar-refractivity contribution >= 4 is 16.7 Å². The molecule has 1 N–H and O–H groups in total. The van der Waals surface area contributed by atoms with Gasteiger partial charge >= 0.3 is 0 Å². The average molecular weight is 305 g/mol. The number of nitrogens with one attached hydrogen (secondary N) is 1. The Morgan fingerprint density at radius 1 is 0.957 bits per heavy atom. The second-order valence-corrected chi connectivity index (χ2v) is 5.50. The van der Waals surface area contributed by atoms with Crippen LogP contribution >= 0.6 is 0 Å². The first-order valence-electron chi connectivity index (χ1n) is 7.68. The lowest BCUT2D eigenvalue weighted by Gasteiger charge is -2.14. The summed E-state index contributed by atoms with van der Waals surface area (Å²) in [5.41, 5.74) is 1.08. The molecule has 0 aliphatic carbocycles. The summed E-state index contributed by atoms with van der Waals surface area (Å²) >= 11 is 0. The summed E-state index contributed by atoms with van der Waals surface area (Å²) in [4.78, 5) is 12.0. The van der Waals surface area contributed by atoms with E-state index in [2.05, 4.69) is 5.32 Å². The second kappa shape index (κ2) is 6.97. The molecule has 0 saturated heterocycles. The van der Waals surface area contributed by atoms with Gasteiger partial charge in [-0.2, -0.15) is 0 Å². The topological polar surface area (TPSA) is 38.3 Å². The van der Waals surface area contributed by atoms with E-state index in [4.69, 9.17) is 4.74 Å². The zero-order valence-corrected chi connectivity index (χ0v) is 13.0. The first kappa shape index (κ1) is 15.1. The van der Waals surface area contributed by atoms with Crippen LogP contribution in [0.5, 0.6) is 5.75 Å². The number of hydrogen-bond donors (Lipinski definition) is 1. The van der Waals surface area contributed by atoms with Crippen molar-refractivity contribution in [3.63, 3.8) is 0 Å². The van der Waals surface area contributed by atoms with E-state index in [9.17, 15) is 4.79 Å². The number of hydrogen-bond acceptors (Lipinski definition) is 2. The molecule has 0 aliphatic rings. The van der Waals surface area contributed by atoms with Crippen molar-refractivity contribution in [3.05, 3.63) is 78.4 Å². The molecule has 3 aromatic rings. The number of carbonyl (C=O) groups excluding carboxylic acids is 1. The summed E-state index contributed by atoms with van der Waals surface area (Å²) in [6.07, 6.45) is 0. The van der Waals surface area contributed by atoms with Gasteiger partial charge in [0, 0.05) is 0 Å². The second-order valence-electron chi connectivity index (χ2n) is 5.50. The summed E-state index contributed by atoms with van der Waals surface area (Å²) in [5.74, 6) is 0.570. The molecule has 0 spiro atoms. The van der Waals surface area contributed by atoms with E-state index >= 15 is 0 Å². The molecule has 23 heavy (non-hydrogen) atoms. The summed E-state index contributed by atoms with van der Waals surface area (Å²) in [7, 11) is 0. The van der Waals surface area contributed by atoms with Crippen LogP contribution < -0.4 is 10.1 Å². The molecule has 0 fully saturated rings. The SMILES string of the molecule is C[C@@H](NC(=O)COc1ccc2ccccc2c1)c1ccccc1. The minimum atomic E-state index is -0.130. The van der Waals surface area contributed by atoms with Crippen molar-refractivity contribution in [2.24, 2.45) is 0 Å². The summed E-state index contributed by atoms with van der Waals surface area (Å²) in [6, 6.07) is 23.7. The standard InChI is InChI=1S/C20H19NO2/c1-15(16-7-3-2-4-8-16)21-20(22)14-23-19-12-11-17-9-5-6-10-18(17)13-19/h2-13,15H,14H2,1H3,(H,21,22)/t15-/m1/s1. The molecule has 1 atom stereocenters. The lowest BCUT2D eigenvalue weighted by atomic mass is 10.1. The van der Waals surface area contributed by atoms with Gasteiger partial charge in [-0.15, -0.1) is 0 Å². The van der Waals surface area contributed by atoms with Gasteiger partial charge in [0.2, 0.25) is 0 Å². The van der Waals surface area contributed by atoms with Gasteiger partial charge in [-0.05, 0) is 35.4 Å². The van der Waals surface area contributed by atoms with Crippen LogP contribution in [-0.4, -0.2) is 12.5 Å². The predicted molar refractivity (Wildman–Crippen MR) is 92.4 cm³/mol. The highest BCUT2D eigenvalue weighted by molar-refractivity contribution is 5.84. The molecular weight excluding hydrogens is 286 g/mol. The van der Waals surface area contributed by atoms with Gasteiger partial charge in [0.1, 0.15) is 5.75 Å². The number of rotatable bonds is 5. The van der Waals surface area contributed by atoms with Gasteiger partial charge in [-0.3, -0.25) is 4.79 Å². The molecule has 3 aromatic carbocycles. The van der Waals surface area contributed by atoms with E-state index in [1.807, 2.05) is 79.7 Å². The first-order valence-corrected chi connectivity index (χ1v) is 7.68. The number of carbonyl (C=O) groups is 1. The van der Waals surface area contributed by atoms with E-state index in [1.165, 1.54) is 0 Å². The highest BCUT2D eigenvalue weighted by atomic mass is 16.5. The Morgan fingerprint density at radius 3 is 2.43 bits per heavy atom. The fourth-order valence-corrected chi connectivity index (χ4v) is 2.51. The Hall–Kier alpha value is -2.81. The number of amides is 1. The van der Waals surface area contributed by atoms with E-state index in [1.54, 1.807) is 0 Å². The molecule has 0 aromatic heterocycles. The number of fused-ring (bicyclic) bond motifs is 1. The predicted octanol–water partition coefficient (Wildman–Crippen LogP) is 4.10. The van der Waals surface area contributed by atoms with Crippen LogP contribution in [-0.2, 0) is 4.79 Å². The van der Waals surface area contributed by atoms with Crippen LogP contribution in [0.4, 0.5) is 0 Å². The van der Waals surface area contributed by atoms with Crippen LogP contribution in [0.3, 0.4) is 0 Å². The number of benzene rings is 3. The van der Waals surface area contributed by atoms with E-state index < -0.39 is 0 Å². The van der Waals surface area contributed by atoms with Gasteiger partial charge in [-0.25, -0.2) is 0 Å². The zero-order chi connectivity index (χ0) is 16.1. The minimum Gasteiger partial charge on any atom is -0.484 e. The summed E-state index contributed by atoms with van der Waals surface area (Å²) in [6.45, 7) is 1.97.